The Kier molecular flexibility index (Phi) is 5.25. The molecule has 3 rings (SSSR count). The summed E-state index contributed by atoms with van der Waals surface area (Å²) < 4.78 is 1.76. The normalized spacial score (nSPS) is 10.4. The highest BCUT2D eigenvalue weighted by atomic mass is 32.2. The second kappa shape index (κ2) is 7.76. The first-order valence-electron chi connectivity index (χ1n) is 7.60. The van der Waals surface area contributed by atoms with E-state index in [1.807, 2.05) is 25.2 Å². The van der Waals surface area contributed by atoms with Crippen molar-refractivity contribution in [2.75, 3.05) is 11.1 Å². The number of hydrogen-bond acceptors (Lipinski definition) is 5. The molecule has 0 bridgehead atoms. The molecule has 0 aliphatic carbocycles. The highest BCUT2D eigenvalue weighted by Gasteiger charge is 2.10. The van der Waals surface area contributed by atoms with Crippen LogP contribution in [0.1, 0.15) is 20.7 Å². The van der Waals surface area contributed by atoms with Crippen LogP contribution in [0.15, 0.2) is 66.1 Å². The van der Waals surface area contributed by atoms with Gasteiger partial charge in [-0.3, -0.25) is 9.59 Å². The van der Waals surface area contributed by atoms with E-state index in [0.29, 0.717) is 22.0 Å². The van der Waals surface area contributed by atoms with Crippen molar-refractivity contribution in [3.05, 3.63) is 72.1 Å². The summed E-state index contributed by atoms with van der Waals surface area (Å²) >= 11 is 1.34. The number of ketones is 1. The van der Waals surface area contributed by atoms with E-state index in [1.165, 1.54) is 11.8 Å². The highest BCUT2D eigenvalue weighted by molar-refractivity contribution is 7.99. The molecule has 0 fully saturated rings. The van der Waals surface area contributed by atoms with Crippen LogP contribution in [0.5, 0.6) is 0 Å². The summed E-state index contributed by atoms with van der Waals surface area (Å²) in [5.41, 5.74) is 1.82. The summed E-state index contributed by atoms with van der Waals surface area (Å²) in [6.45, 7) is 0. The Morgan fingerprint density at radius 3 is 2.40 bits per heavy atom. The lowest BCUT2D eigenvalue weighted by Gasteiger charge is -2.06. The second-order valence-electron chi connectivity index (χ2n) is 5.33. The van der Waals surface area contributed by atoms with Gasteiger partial charge in [0.15, 0.2) is 10.9 Å². The van der Waals surface area contributed by atoms with E-state index in [-0.39, 0.29) is 17.4 Å². The number of Topliss-reactive ketones (excluding diaryl/α,β-unsaturated/α-hetero) is 1. The maximum atomic E-state index is 12.2. The number of anilines is 1. The lowest BCUT2D eigenvalue weighted by molar-refractivity contribution is 0.101. The molecule has 0 aliphatic rings. The molecule has 2 aromatic carbocycles. The SMILES string of the molecule is Cn1cnnc1SCC(=O)c1ccc(NC(=O)c2ccccc2)cc1. The van der Waals surface area contributed by atoms with E-state index in [2.05, 4.69) is 15.5 Å². The van der Waals surface area contributed by atoms with Gasteiger partial charge in [-0.2, -0.15) is 0 Å². The molecule has 1 aromatic heterocycles. The van der Waals surface area contributed by atoms with E-state index in [1.54, 1.807) is 47.3 Å². The molecule has 0 aliphatic heterocycles. The third-order valence-electron chi connectivity index (χ3n) is 3.50. The number of hydrogen-bond donors (Lipinski definition) is 1. The van der Waals surface area contributed by atoms with Gasteiger partial charge < -0.3 is 9.88 Å². The van der Waals surface area contributed by atoms with Gasteiger partial charge in [0.25, 0.3) is 5.91 Å². The van der Waals surface area contributed by atoms with Crippen molar-refractivity contribution >= 4 is 29.1 Å². The van der Waals surface area contributed by atoms with Crippen molar-refractivity contribution in [3.8, 4) is 0 Å². The van der Waals surface area contributed by atoms with E-state index in [4.69, 9.17) is 0 Å². The van der Waals surface area contributed by atoms with Gasteiger partial charge in [0.05, 0.1) is 5.75 Å². The third-order valence-corrected chi connectivity index (χ3v) is 4.54. The number of aromatic nitrogens is 3. The maximum absolute atomic E-state index is 12.2. The molecule has 25 heavy (non-hydrogen) atoms. The molecule has 0 unspecified atom stereocenters. The first-order valence-corrected chi connectivity index (χ1v) is 8.58. The molecule has 126 valence electrons. The first-order chi connectivity index (χ1) is 12.1. The topological polar surface area (TPSA) is 76.9 Å². The standard InChI is InChI=1S/C18H16N4O2S/c1-22-12-19-21-18(22)25-11-16(23)13-7-9-15(10-8-13)20-17(24)14-5-3-2-4-6-14/h2-10,12H,11H2,1H3,(H,20,24). The number of nitrogens with one attached hydrogen (secondary N) is 1. The van der Waals surface area contributed by atoms with Gasteiger partial charge in [0, 0.05) is 23.9 Å². The summed E-state index contributed by atoms with van der Waals surface area (Å²) in [7, 11) is 1.83. The zero-order valence-corrected chi connectivity index (χ0v) is 14.4. The van der Waals surface area contributed by atoms with Gasteiger partial charge in [-0.05, 0) is 36.4 Å². The van der Waals surface area contributed by atoms with Crippen LogP contribution in [0, 0.1) is 0 Å². The molecular weight excluding hydrogens is 336 g/mol. The van der Waals surface area contributed by atoms with Gasteiger partial charge in [0.1, 0.15) is 6.33 Å². The Bertz CT molecular complexity index is 876. The van der Waals surface area contributed by atoms with Crippen LogP contribution < -0.4 is 5.32 Å². The first kappa shape index (κ1) is 16.9. The fourth-order valence-corrected chi connectivity index (χ4v) is 2.93. The quantitative estimate of drug-likeness (QED) is 0.545. The Balaban J connectivity index is 1.59. The number of benzene rings is 2. The summed E-state index contributed by atoms with van der Waals surface area (Å²) in [6.07, 6.45) is 1.59. The average molecular weight is 352 g/mol. The summed E-state index contributed by atoms with van der Waals surface area (Å²) in [5, 5.41) is 11.2. The Hall–Kier alpha value is -2.93. The lowest BCUT2D eigenvalue weighted by Crippen LogP contribution is -2.12. The van der Waals surface area contributed by atoms with Crippen molar-refractivity contribution in [2.24, 2.45) is 7.05 Å². The molecule has 0 saturated heterocycles. The lowest BCUT2D eigenvalue weighted by atomic mass is 10.1. The molecular formula is C18H16N4O2S. The summed E-state index contributed by atoms with van der Waals surface area (Å²) in [5.74, 6) is 0.0915. The summed E-state index contributed by atoms with van der Waals surface area (Å²) in [4.78, 5) is 24.3. The van der Waals surface area contributed by atoms with Crippen LogP contribution in [0.25, 0.3) is 0 Å². The largest absolute Gasteiger partial charge is 0.322 e. The van der Waals surface area contributed by atoms with Crippen LogP contribution in [0.4, 0.5) is 5.69 Å². The monoisotopic (exact) mass is 352 g/mol. The Labute approximate surface area is 149 Å². The van der Waals surface area contributed by atoms with Crippen LogP contribution in [-0.4, -0.2) is 32.2 Å². The average Bonchev–Trinajstić information content (AvgIpc) is 3.06. The number of carbonyl (C=O) groups excluding carboxylic acids is 2. The van der Waals surface area contributed by atoms with E-state index in [0.717, 1.165) is 0 Å². The van der Waals surface area contributed by atoms with Gasteiger partial charge in [-0.25, -0.2) is 0 Å². The van der Waals surface area contributed by atoms with Gasteiger partial charge in [0.2, 0.25) is 0 Å². The van der Waals surface area contributed by atoms with Gasteiger partial charge in [-0.1, -0.05) is 30.0 Å². The molecule has 0 spiro atoms. The number of nitrogens with zero attached hydrogens (tertiary/aromatic N) is 3. The number of amides is 1. The molecule has 3 aromatic rings. The molecule has 1 N–H and O–H groups in total. The Morgan fingerprint density at radius 2 is 1.76 bits per heavy atom. The van der Waals surface area contributed by atoms with Crippen LogP contribution in [0.2, 0.25) is 0 Å². The number of carbonyl (C=O) groups is 2. The molecule has 0 atom stereocenters. The van der Waals surface area contributed by atoms with Gasteiger partial charge >= 0.3 is 0 Å². The zero-order chi connectivity index (χ0) is 17.6. The fraction of sp³-hybridized carbons (Fsp3) is 0.111. The molecule has 0 saturated carbocycles. The van der Waals surface area contributed by atoms with Crippen molar-refractivity contribution in [2.45, 2.75) is 5.16 Å². The summed E-state index contributed by atoms with van der Waals surface area (Å²) in [6, 6.07) is 15.8. The number of rotatable bonds is 6. The second-order valence-corrected chi connectivity index (χ2v) is 6.28. The molecule has 1 amide bonds. The smallest absolute Gasteiger partial charge is 0.255 e. The minimum atomic E-state index is -0.183. The molecule has 1 heterocycles. The van der Waals surface area contributed by atoms with Crippen LogP contribution in [-0.2, 0) is 7.05 Å². The van der Waals surface area contributed by atoms with Gasteiger partial charge in [-0.15, -0.1) is 10.2 Å². The Morgan fingerprint density at radius 1 is 1.04 bits per heavy atom. The van der Waals surface area contributed by atoms with E-state index < -0.39 is 0 Å². The van der Waals surface area contributed by atoms with E-state index >= 15 is 0 Å². The minimum Gasteiger partial charge on any atom is -0.322 e. The molecule has 6 nitrogen and oxygen atoms in total. The van der Waals surface area contributed by atoms with E-state index in [9.17, 15) is 9.59 Å². The molecule has 0 radical (unpaired) electrons. The van der Waals surface area contributed by atoms with Crippen LogP contribution >= 0.6 is 11.8 Å². The maximum Gasteiger partial charge on any atom is 0.255 e. The fourth-order valence-electron chi connectivity index (χ4n) is 2.15. The van der Waals surface area contributed by atoms with Crippen molar-refractivity contribution < 1.29 is 9.59 Å². The third kappa shape index (κ3) is 4.33. The zero-order valence-electron chi connectivity index (χ0n) is 13.5. The van der Waals surface area contributed by atoms with Crippen molar-refractivity contribution in [3.63, 3.8) is 0 Å². The van der Waals surface area contributed by atoms with Crippen molar-refractivity contribution in [1.82, 2.24) is 14.8 Å². The van der Waals surface area contributed by atoms with Crippen LogP contribution in [0.3, 0.4) is 0 Å². The number of aryl methyl sites for hydroxylation is 1. The number of thioether (sulfide) groups is 1. The van der Waals surface area contributed by atoms with Crippen molar-refractivity contribution in [1.29, 1.82) is 0 Å². The predicted octanol–water partition coefficient (Wildman–Crippen LogP) is 3.04. The minimum absolute atomic E-state index is 0.00561. The molecule has 7 heteroatoms. The predicted molar refractivity (Wildman–Crippen MR) is 96.9 cm³/mol. The highest BCUT2D eigenvalue weighted by Crippen LogP contribution is 2.17.